The molecule has 6 rings (SSSR count). The summed E-state index contributed by atoms with van der Waals surface area (Å²) in [5.41, 5.74) is 5.73. The Balaban J connectivity index is 1.24. The SMILES string of the molecule is Cn1cc(-c2cc(-c3ccc(N4CCN(Cc5ccccc5F)CC4)nc3)c3c(C#N)cnn3c2)cn1. The number of hydrogen-bond donors (Lipinski definition) is 0. The van der Waals surface area contributed by atoms with Crippen LogP contribution in [0.1, 0.15) is 11.1 Å². The Kier molecular flexibility index (Phi) is 5.87. The van der Waals surface area contributed by atoms with E-state index < -0.39 is 0 Å². The van der Waals surface area contributed by atoms with Gasteiger partial charge in [-0.1, -0.05) is 18.2 Å². The molecule has 1 aliphatic rings. The van der Waals surface area contributed by atoms with Crippen LogP contribution in [0.2, 0.25) is 0 Å². The van der Waals surface area contributed by atoms with Crippen molar-refractivity contribution in [1.29, 1.82) is 5.26 Å². The second-order valence-electron chi connectivity index (χ2n) is 9.27. The van der Waals surface area contributed by atoms with Crippen molar-refractivity contribution in [3.8, 4) is 28.3 Å². The highest BCUT2D eigenvalue weighted by Crippen LogP contribution is 2.32. The molecule has 0 spiro atoms. The van der Waals surface area contributed by atoms with Crippen molar-refractivity contribution in [2.45, 2.75) is 6.54 Å². The van der Waals surface area contributed by atoms with Crippen molar-refractivity contribution in [3.63, 3.8) is 0 Å². The Bertz CT molecular complexity index is 1600. The first kappa shape index (κ1) is 22.9. The molecule has 0 saturated carbocycles. The first-order valence-electron chi connectivity index (χ1n) is 12.2. The molecule has 9 heteroatoms. The van der Waals surface area contributed by atoms with Crippen molar-refractivity contribution in [2.75, 3.05) is 31.1 Å². The highest BCUT2D eigenvalue weighted by atomic mass is 19.1. The van der Waals surface area contributed by atoms with Crippen LogP contribution in [0.5, 0.6) is 0 Å². The number of fused-ring (bicyclic) bond motifs is 1. The van der Waals surface area contributed by atoms with E-state index in [4.69, 9.17) is 4.98 Å². The number of aryl methyl sites for hydroxylation is 1. The van der Waals surface area contributed by atoms with Gasteiger partial charge in [-0.15, -0.1) is 0 Å². The van der Waals surface area contributed by atoms with Gasteiger partial charge < -0.3 is 4.90 Å². The Morgan fingerprint density at radius 1 is 0.919 bits per heavy atom. The van der Waals surface area contributed by atoms with Crippen LogP contribution in [0.4, 0.5) is 10.2 Å². The van der Waals surface area contributed by atoms with Crippen molar-refractivity contribution in [2.24, 2.45) is 7.05 Å². The van der Waals surface area contributed by atoms with E-state index in [9.17, 15) is 9.65 Å². The highest BCUT2D eigenvalue weighted by molar-refractivity contribution is 5.87. The minimum Gasteiger partial charge on any atom is -0.354 e. The molecule has 1 saturated heterocycles. The average Bonchev–Trinajstić information content (AvgIpc) is 3.56. The van der Waals surface area contributed by atoms with Crippen LogP contribution in [0, 0.1) is 17.1 Å². The fraction of sp³-hybridized carbons (Fsp3) is 0.214. The van der Waals surface area contributed by atoms with Crippen molar-refractivity contribution >= 4 is 11.3 Å². The lowest BCUT2D eigenvalue weighted by Crippen LogP contribution is -2.46. The third-order valence-corrected chi connectivity index (χ3v) is 6.88. The van der Waals surface area contributed by atoms with Crippen LogP contribution in [0.25, 0.3) is 27.8 Å². The number of anilines is 1. The highest BCUT2D eigenvalue weighted by Gasteiger charge is 2.20. The van der Waals surface area contributed by atoms with E-state index in [1.54, 1.807) is 21.5 Å². The zero-order valence-electron chi connectivity index (χ0n) is 20.4. The van der Waals surface area contributed by atoms with Gasteiger partial charge in [0.05, 0.1) is 23.5 Å². The van der Waals surface area contributed by atoms with Crippen LogP contribution >= 0.6 is 0 Å². The van der Waals surface area contributed by atoms with E-state index in [-0.39, 0.29) is 5.82 Å². The van der Waals surface area contributed by atoms with Crippen LogP contribution in [0.3, 0.4) is 0 Å². The molecule has 0 unspecified atom stereocenters. The predicted molar refractivity (Wildman–Crippen MR) is 139 cm³/mol. The molecule has 0 atom stereocenters. The standard InChI is InChI=1S/C28H25FN8/c1-34-17-24(16-32-34)22-12-25(28-23(13-30)15-33-37(28)19-22)20-6-7-27(31-14-20)36-10-8-35(9-11-36)18-21-4-2-3-5-26(21)29/h2-7,12,14-17,19H,8-11,18H2,1H3. The van der Waals surface area contributed by atoms with Crippen molar-refractivity contribution < 1.29 is 4.39 Å². The first-order valence-corrected chi connectivity index (χ1v) is 12.2. The van der Waals surface area contributed by atoms with Gasteiger partial charge in [-0.05, 0) is 24.3 Å². The van der Waals surface area contributed by atoms with E-state index in [1.165, 1.54) is 6.07 Å². The number of piperazine rings is 1. The summed E-state index contributed by atoms with van der Waals surface area (Å²) in [4.78, 5) is 9.30. The van der Waals surface area contributed by atoms with Crippen LogP contribution in [-0.2, 0) is 13.6 Å². The van der Waals surface area contributed by atoms with Crippen LogP contribution < -0.4 is 4.90 Å². The van der Waals surface area contributed by atoms with Gasteiger partial charge in [-0.25, -0.2) is 13.9 Å². The smallest absolute Gasteiger partial charge is 0.128 e. The third-order valence-electron chi connectivity index (χ3n) is 6.88. The average molecular weight is 493 g/mol. The fourth-order valence-electron chi connectivity index (χ4n) is 4.89. The van der Waals surface area contributed by atoms with Gasteiger partial charge in [0.15, 0.2) is 0 Å². The third kappa shape index (κ3) is 4.43. The second-order valence-corrected chi connectivity index (χ2v) is 9.27. The summed E-state index contributed by atoms with van der Waals surface area (Å²) in [5, 5.41) is 18.4. The molecule has 5 aromatic rings. The Hall–Kier alpha value is -4.55. The van der Waals surface area contributed by atoms with E-state index in [0.29, 0.717) is 12.1 Å². The van der Waals surface area contributed by atoms with Gasteiger partial charge in [-0.3, -0.25) is 9.58 Å². The number of nitriles is 1. The summed E-state index contributed by atoms with van der Waals surface area (Å²) in [5.74, 6) is 0.754. The zero-order valence-corrected chi connectivity index (χ0v) is 20.4. The molecule has 0 N–H and O–H groups in total. The Morgan fingerprint density at radius 3 is 2.46 bits per heavy atom. The maximum atomic E-state index is 14.0. The molecule has 1 aromatic carbocycles. The molecule has 8 nitrogen and oxygen atoms in total. The van der Waals surface area contributed by atoms with E-state index in [1.807, 2.05) is 56.1 Å². The van der Waals surface area contributed by atoms with Gasteiger partial charge in [0, 0.05) is 86.2 Å². The molecule has 1 fully saturated rings. The normalized spacial score (nSPS) is 14.2. The van der Waals surface area contributed by atoms with Crippen molar-refractivity contribution in [1.82, 2.24) is 29.3 Å². The maximum Gasteiger partial charge on any atom is 0.128 e. The fourth-order valence-corrected chi connectivity index (χ4v) is 4.89. The van der Waals surface area contributed by atoms with E-state index in [2.05, 4.69) is 32.1 Å². The van der Waals surface area contributed by atoms with Crippen LogP contribution in [0.15, 0.2) is 73.4 Å². The minimum atomic E-state index is -0.151. The van der Waals surface area contributed by atoms with Crippen molar-refractivity contribution in [3.05, 3.63) is 90.4 Å². The van der Waals surface area contributed by atoms with E-state index in [0.717, 1.165) is 65.3 Å². The lowest BCUT2D eigenvalue weighted by molar-refractivity contribution is 0.246. The molecule has 37 heavy (non-hydrogen) atoms. The molecular weight excluding hydrogens is 467 g/mol. The predicted octanol–water partition coefficient (Wildman–Crippen LogP) is 4.13. The lowest BCUT2D eigenvalue weighted by Gasteiger charge is -2.35. The number of benzene rings is 1. The lowest BCUT2D eigenvalue weighted by atomic mass is 10.0. The molecule has 5 heterocycles. The largest absolute Gasteiger partial charge is 0.354 e. The summed E-state index contributed by atoms with van der Waals surface area (Å²) in [7, 11) is 1.88. The molecule has 0 aliphatic carbocycles. The van der Waals surface area contributed by atoms with Gasteiger partial charge in [0.25, 0.3) is 0 Å². The zero-order chi connectivity index (χ0) is 25.4. The monoisotopic (exact) mass is 492 g/mol. The Morgan fingerprint density at radius 2 is 1.76 bits per heavy atom. The summed E-state index contributed by atoms with van der Waals surface area (Å²) >= 11 is 0. The van der Waals surface area contributed by atoms with E-state index >= 15 is 0 Å². The second kappa shape index (κ2) is 9.48. The van der Waals surface area contributed by atoms with Gasteiger partial charge in [0.2, 0.25) is 0 Å². The number of rotatable bonds is 5. The number of hydrogen-bond acceptors (Lipinski definition) is 6. The Labute approximate surface area is 213 Å². The quantitative estimate of drug-likeness (QED) is 0.367. The van der Waals surface area contributed by atoms with Gasteiger partial charge in [-0.2, -0.15) is 15.5 Å². The number of nitrogens with zero attached hydrogens (tertiary/aromatic N) is 8. The molecule has 0 radical (unpaired) electrons. The molecule has 0 bridgehead atoms. The number of halogens is 1. The molecular formula is C28H25FN8. The number of pyridine rings is 2. The summed E-state index contributed by atoms with van der Waals surface area (Å²) in [6, 6.07) is 15.4. The van der Waals surface area contributed by atoms with Gasteiger partial charge in [0.1, 0.15) is 17.7 Å². The molecule has 184 valence electrons. The minimum absolute atomic E-state index is 0.151. The summed E-state index contributed by atoms with van der Waals surface area (Å²) in [6.45, 7) is 3.94. The topological polar surface area (TPSA) is 78.3 Å². The van der Waals surface area contributed by atoms with Crippen LogP contribution in [-0.4, -0.2) is 55.5 Å². The summed E-state index contributed by atoms with van der Waals surface area (Å²) < 4.78 is 17.5. The molecule has 1 aliphatic heterocycles. The summed E-state index contributed by atoms with van der Waals surface area (Å²) in [6.07, 6.45) is 9.13. The first-order chi connectivity index (χ1) is 18.1. The van der Waals surface area contributed by atoms with Gasteiger partial charge >= 0.3 is 0 Å². The maximum absolute atomic E-state index is 14.0. The molecule has 4 aromatic heterocycles. The number of aromatic nitrogens is 5. The molecule has 0 amide bonds.